The largest absolute Gasteiger partial charge is 0.418 e. The van der Waals surface area contributed by atoms with Crippen LogP contribution in [0.3, 0.4) is 0 Å². The number of aromatic nitrogens is 2. The second-order valence-electron chi connectivity index (χ2n) is 7.28. The zero-order chi connectivity index (χ0) is 23.0. The minimum absolute atomic E-state index is 0.361. The van der Waals surface area contributed by atoms with Crippen molar-refractivity contribution in [3.05, 3.63) is 64.8 Å². The third kappa shape index (κ3) is 4.08. The molecule has 6 nitrogen and oxygen atoms in total. The molecule has 0 saturated heterocycles. The second kappa shape index (κ2) is 8.31. The van der Waals surface area contributed by atoms with Crippen LogP contribution in [0.25, 0.3) is 11.1 Å². The van der Waals surface area contributed by atoms with Gasteiger partial charge in [0.05, 0.1) is 23.4 Å². The van der Waals surface area contributed by atoms with Crippen molar-refractivity contribution in [3.8, 4) is 11.1 Å². The molecular weight excluding hydrogens is 445 g/mol. The number of aryl methyl sites for hydroxylation is 1. The van der Waals surface area contributed by atoms with E-state index in [4.69, 9.17) is 11.6 Å². The smallest absolute Gasteiger partial charge is 0.325 e. The number of nitrogens with one attached hydrogen (secondary N) is 2. The van der Waals surface area contributed by atoms with Crippen LogP contribution in [0.1, 0.15) is 30.6 Å². The molecule has 2 N–H and O–H groups in total. The van der Waals surface area contributed by atoms with E-state index in [1.807, 2.05) is 6.92 Å². The Morgan fingerprint density at radius 3 is 2.53 bits per heavy atom. The standard InChI is InChI=1S/C22H18ClF3N4O2/c1-2-15-19(12-7-9-13(23)10-8-12)20-28-21(32)17(30(20)29-15)11-18(31)27-16-6-4-3-5-14(16)22(24,25)26/h3-10,17H,2,11H2,1H3,(H,27,31)(H,28,32). The normalized spacial score (nSPS) is 15.4. The Balaban J connectivity index is 1.61. The Hall–Kier alpha value is -3.33. The quantitative estimate of drug-likeness (QED) is 0.539. The minimum Gasteiger partial charge on any atom is -0.325 e. The lowest BCUT2D eigenvalue weighted by Crippen LogP contribution is -2.24. The summed E-state index contributed by atoms with van der Waals surface area (Å²) in [5.74, 6) is -0.733. The fraction of sp³-hybridized carbons (Fsp3) is 0.227. The highest BCUT2D eigenvalue weighted by atomic mass is 35.5. The van der Waals surface area contributed by atoms with Crippen LogP contribution in [0.5, 0.6) is 0 Å². The van der Waals surface area contributed by atoms with Crippen LogP contribution < -0.4 is 10.6 Å². The Kier molecular flexibility index (Phi) is 5.68. The van der Waals surface area contributed by atoms with Gasteiger partial charge in [0.2, 0.25) is 5.91 Å². The molecule has 4 rings (SSSR count). The zero-order valence-electron chi connectivity index (χ0n) is 16.8. The topological polar surface area (TPSA) is 76.0 Å². The van der Waals surface area contributed by atoms with E-state index < -0.39 is 29.6 Å². The van der Waals surface area contributed by atoms with Gasteiger partial charge in [-0.1, -0.05) is 42.8 Å². The summed E-state index contributed by atoms with van der Waals surface area (Å²) in [7, 11) is 0. The van der Waals surface area contributed by atoms with Gasteiger partial charge in [-0.3, -0.25) is 9.59 Å². The van der Waals surface area contributed by atoms with Crippen LogP contribution in [0.15, 0.2) is 48.5 Å². The maximum absolute atomic E-state index is 13.2. The Bertz CT molecular complexity index is 1190. The van der Waals surface area contributed by atoms with Crippen molar-refractivity contribution < 1.29 is 22.8 Å². The molecule has 2 heterocycles. The molecule has 32 heavy (non-hydrogen) atoms. The Morgan fingerprint density at radius 2 is 1.88 bits per heavy atom. The van der Waals surface area contributed by atoms with E-state index in [2.05, 4.69) is 15.7 Å². The molecular formula is C22H18ClF3N4O2. The first-order valence-electron chi connectivity index (χ1n) is 9.83. The number of benzene rings is 2. The van der Waals surface area contributed by atoms with Crippen molar-refractivity contribution in [2.45, 2.75) is 32.0 Å². The van der Waals surface area contributed by atoms with Crippen LogP contribution >= 0.6 is 11.6 Å². The number of halogens is 4. The average Bonchev–Trinajstić information content (AvgIpc) is 3.23. The second-order valence-corrected chi connectivity index (χ2v) is 7.71. The molecule has 1 atom stereocenters. The number of rotatable bonds is 5. The molecule has 10 heteroatoms. The van der Waals surface area contributed by atoms with E-state index >= 15 is 0 Å². The number of hydrogen-bond acceptors (Lipinski definition) is 3. The van der Waals surface area contributed by atoms with Crippen molar-refractivity contribution in [2.75, 3.05) is 10.6 Å². The lowest BCUT2D eigenvalue weighted by molar-refractivity contribution is -0.137. The third-order valence-corrected chi connectivity index (χ3v) is 5.43. The van der Waals surface area contributed by atoms with Gasteiger partial charge in [0.15, 0.2) is 0 Å². The molecule has 0 radical (unpaired) electrons. The molecule has 1 unspecified atom stereocenters. The van der Waals surface area contributed by atoms with E-state index in [1.54, 1.807) is 24.3 Å². The van der Waals surface area contributed by atoms with Crippen LogP contribution in [0, 0.1) is 0 Å². The summed E-state index contributed by atoms with van der Waals surface area (Å²) >= 11 is 5.97. The molecule has 0 saturated carbocycles. The average molecular weight is 463 g/mol. The Labute approximate surface area is 186 Å². The predicted octanol–water partition coefficient (Wildman–Crippen LogP) is 5.31. The minimum atomic E-state index is -4.62. The van der Waals surface area contributed by atoms with Crippen molar-refractivity contribution in [2.24, 2.45) is 0 Å². The molecule has 1 aromatic heterocycles. The van der Waals surface area contributed by atoms with Gasteiger partial charge in [-0.2, -0.15) is 18.3 Å². The van der Waals surface area contributed by atoms with Crippen molar-refractivity contribution in [1.82, 2.24) is 9.78 Å². The predicted molar refractivity (Wildman–Crippen MR) is 114 cm³/mol. The molecule has 0 aliphatic carbocycles. The van der Waals surface area contributed by atoms with Gasteiger partial charge in [0, 0.05) is 10.6 Å². The summed E-state index contributed by atoms with van der Waals surface area (Å²) < 4.78 is 41.0. The van der Waals surface area contributed by atoms with Crippen LogP contribution in [0.2, 0.25) is 5.02 Å². The molecule has 166 valence electrons. The number of para-hydroxylation sites is 1. The first-order valence-corrected chi connectivity index (χ1v) is 10.2. The monoisotopic (exact) mass is 462 g/mol. The fourth-order valence-corrected chi connectivity index (χ4v) is 3.83. The van der Waals surface area contributed by atoms with E-state index in [1.165, 1.54) is 22.9 Å². The maximum Gasteiger partial charge on any atom is 0.418 e. The van der Waals surface area contributed by atoms with Crippen molar-refractivity contribution >= 4 is 34.9 Å². The summed E-state index contributed by atoms with van der Waals surface area (Å²) in [6.07, 6.45) is -4.41. The number of carbonyl (C=O) groups excluding carboxylic acids is 2. The SMILES string of the molecule is CCc1nn2c(c1-c1ccc(Cl)cc1)NC(=O)C2CC(=O)Nc1ccccc1C(F)(F)F. The summed E-state index contributed by atoms with van der Waals surface area (Å²) in [5, 5.41) is 10.1. The Morgan fingerprint density at radius 1 is 1.19 bits per heavy atom. The third-order valence-electron chi connectivity index (χ3n) is 5.18. The van der Waals surface area contributed by atoms with Gasteiger partial charge in [0.1, 0.15) is 11.9 Å². The van der Waals surface area contributed by atoms with E-state index in [-0.39, 0.29) is 12.1 Å². The number of carbonyl (C=O) groups is 2. The number of nitrogens with zero attached hydrogens (tertiary/aromatic N) is 2. The van der Waals surface area contributed by atoms with Gasteiger partial charge in [-0.15, -0.1) is 0 Å². The highest BCUT2D eigenvalue weighted by Gasteiger charge is 2.38. The first kappa shape index (κ1) is 21.9. The highest BCUT2D eigenvalue weighted by Crippen LogP contribution is 2.39. The molecule has 0 bridgehead atoms. The van der Waals surface area contributed by atoms with E-state index in [9.17, 15) is 22.8 Å². The van der Waals surface area contributed by atoms with Gasteiger partial charge in [-0.25, -0.2) is 4.68 Å². The molecule has 0 spiro atoms. The maximum atomic E-state index is 13.2. The number of anilines is 2. The zero-order valence-corrected chi connectivity index (χ0v) is 17.6. The summed E-state index contributed by atoms with van der Waals surface area (Å²) in [6.45, 7) is 1.91. The number of alkyl halides is 3. The van der Waals surface area contributed by atoms with Crippen molar-refractivity contribution in [3.63, 3.8) is 0 Å². The van der Waals surface area contributed by atoms with E-state index in [0.29, 0.717) is 17.3 Å². The van der Waals surface area contributed by atoms with Gasteiger partial charge in [0.25, 0.3) is 5.91 Å². The fourth-order valence-electron chi connectivity index (χ4n) is 3.70. The summed E-state index contributed by atoms with van der Waals surface area (Å²) in [5.41, 5.74) is 0.928. The van der Waals surface area contributed by atoms with Crippen LogP contribution in [-0.2, 0) is 22.2 Å². The molecule has 2 aromatic carbocycles. The summed E-state index contributed by atoms with van der Waals surface area (Å²) in [6, 6.07) is 10.8. The summed E-state index contributed by atoms with van der Waals surface area (Å²) in [4.78, 5) is 25.1. The first-order chi connectivity index (χ1) is 15.2. The molecule has 1 aliphatic heterocycles. The number of fused-ring (bicyclic) bond motifs is 1. The molecule has 3 aromatic rings. The molecule has 1 aliphatic rings. The van der Waals surface area contributed by atoms with Crippen molar-refractivity contribution in [1.29, 1.82) is 0 Å². The van der Waals surface area contributed by atoms with E-state index in [0.717, 1.165) is 22.9 Å². The molecule has 2 amide bonds. The van der Waals surface area contributed by atoms with Crippen LogP contribution in [-0.4, -0.2) is 21.6 Å². The van der Waals surface area contributed by atoms with Gasteiger partial charge >= 0.3 is 6.18 Å². The number of amides is 2. The lowest BCUT2D eigenvalue weighted by Gasteiger charge is -2.14. The van der Waals surface area contributed by atoms with Gasteiger partial charge < -0.3 is 10.6 Å². The van der Waals surface area contributed by atoms with Gasteiger partial charge in [-0.05, 0) is 36.2 Å². The number of hydrogen-bond donors (Lipinski definition) is 2. The van der Waals surface area contributed by atoms with Crippen LogP contribution in [0.4, 0.5) is 24.7 Å². The lowest BCUT2D eigenvalue weighted by atomic mass is 10.0. The highest BCUT2D eigenvalue weighted by molar-refractivity contribution is 6.30. The molecule has 0 fully saturated rings.